The van der Waals surface area contributed by atoms with Crippen LogP contribution in [0.3, 0.4) is 0 Å². The number of fused-ring (bicyclic) bond motifs is 1. The molecule has 0 aliphatic rings. The van der Waals surface area contributed by atoms with E-state index >= 15 is 0 Å². The Morgan fingerprint density at radius 3 is 2.58 bits per heavy atom. The van der Waals surface area contributed by atoms with Crippen molar-refractivity contribution in [3.63, 3.8) is 0 Å². The van der Waals surface area contributed by atoms with E-state index in [-0.39, 0.29) is 5.82 Å². The van der Waals surface area contributed by atoms with Crippen LogP contribution in [0.25, 0.3) is 10.9 Å². The molecular formula is C13H16FNO4. The van der Waals surface area contributed by atoms with E-state index < -0.39 is 6.48 Å². The number of ether oxygens (including phenoxy) is 2. The molecule has 0 unspecified atom stereocenters. The van der Waals surface area contributed by atoms with Gasteiger partial charge in [0.15, 0.2) is 0 Å². The normalized spacial score (nSPS) is 11.4. The molecular weight excluding hydrogens is 253 g/mol. The Hall–Kier alpha value is -1.63. The zero-order valence-electron chi connectivity index (χ0n) is 10.8. The van der Waals surface area contributed by atoms with E-state index in [0.29, 0.717) is 24.1 Å². The number of hydrogen-bond acceptors (Lipinski definition) is 4. The monoisotopic (exact) mass is 269 g/mol. The minimum Gasteiger partial charge on any atom is -0.328 e. The van der Waals surface area contributed by atoms with Gasteiger partial charge in [-0.05, 0) is 38.1 Å². The first-order valence-corrected chi connectivity index (χ1v) is 6.08. The number of benzene rings is 1. The SMILES string of the molecule is CCOC(OCC)OOn1ccc2cc(F)ccc21. The van der Waals surface area contributed by atoms with Gasteiger partial charge in [-0.3, -0.25) is 0 Å². The highest BCUT2D eigenvalue weighted by Crippen LogP contribution is 2.16. The van der Waals surface area contributed by atoms with Gasteiger partial charge in [0.2, 0.25) is 0 Å². The Bertz CT molecular complexity index is 522. The molecule has 0 fully saturated rings. The molecule has 2 aromatic rings. The van der Waals surface area contributed by atoms with Crippen LogP contribution in [0.15, 0.2) is 30.5 Å². The second-order valence-corrected chi connectivity index (χ2v) is 3.71. The summed E-state index contributed by atoms with van der Waals surface area (Å²) in [5, 5.41) is 0.716. The minimum atomic E-state index is -0.895. The van der Waals surface area contributed by atoms with Crippen LogP contribution >= 0.6 is 0 Å². The Balaban J connectivity index is 2.04. The lowest BCUT2D eigenvalue weighted by Gasteiger charge is -2.15. The van der Waals surface area contributed by atoms with Crippen LogP contribution < -0.4 is 4.99 Å². The van der Waals surface area contributed by atoms with E-state index in [0.717, 1.165) is 0 Å². The molecule has 0 saturated heterocycles. The summed E-state index contributed by atoms with van der Waals surface area (Å²) in [5.41, 5.74) is 0.688. The molecule has 0 aliphatic carbocycles. The first kappa shape index (κ1) is 13.8. The van der Waals surface area contributed by atoms with Gasteiger partial charge in [-0.2, -0.15) is 4.73 Å². The van der Waals surface area contributed by atoms with Crippen molar-refractivity contribution in [1.82, 2.24) is 4.73 Å². The Morgan fingerprint density at radius 1 is 1.16 bits per heavy atom. The summed E-state index contributed by atoms with van der Waals surface area (Å²) in [6, 6.07) is 6.09. The van der Waals surface area contributed by atoms with Crippen LogP contribution in [0.4, 0.5) is 4.39 Å². The zero-order chi connectivity index (χ0) is 13.7. The number of halogens is 1. The minimum absolute atomic E-state index is 0.298. The maximum Gasteiger partial charge on any atom is 0.314 e. The van der Waals surface area contributed by atoms with Gasteiger partial charge in [-0.25, -0.2) is 9.38 Å². The van der Waals surface area contributed by atoms with E-state index in [1.165, 1.54) is 16.9 Å². The van der Waals surface area contributed by atoms with Gasteiger partial charge < -0.3 is 9.47 Å². The van der Waals surface area contributed by atoms with Crippen LogP contribution in [-0.2, 0) is 14.4 Å². The smallest absolute Gasteiger partial charge is 0.314 e. The zero-order valence-corrected chi connectivity index (χ0v) is 10.8. The van der Waals surface area contributed by atoms with Gasteiger partial charge in [0.25, 0.3) is 0 Å². The van der Waals surface area contributed by atoms with E-state index in [1.807, 2.05) is 13.8 Å². The summed E-state index contributed by atoms with van der Waals surface area (Å²) in [4.78, 5) is 10.1. The molecule has 0 spiro atoms. The van der Waals surface area contributed by atoms with Crippen molar-refractivity contribution >= 4 is 10.9 Å². The highest BCUT2D eigenvalue weighted by Gasteiger charge is 2.11. The third-order valence-corrected chi connectivity index (χ3v) is 2.42. The van der Waals surface area contributed by atoms with Crippen molar-refractivity contribution in [1.29, 1.82) is 0 Å². The van der Waals surface area contributed by atoms with Gasteiger partial charge in [0.1, 0.15) is 5.82 Å². The van der Waals surface area contributed by atoms with Gasteiger partial charge in [-0.15, -0.1) is 4.89 Å². The quantitative estimate of drug-likeness (QED) is 0.440. The van der Waals surface area contributed by atoms with E-state index in [2.05, 4.69) is 0 Å². The first-order chi connectivity index (χ1) is 9.24. The summed E-state index contributed by atoms with van der Waals surface area (Å²) in [7, 11) is 0. The number of aromatic nitrogens is 1. The predicted molar refractivity (Wildman–Crippen MR) is 66.6 cm³/mol. The van der Waals surface area contributed by atoms with Crippen molar-refractivity contribution in [2.75, 3.05) is 13.2 Å². The topological polar surface area (TPSA) is 41.9 Å². The molecule has 0 aliphatic heterocycles. The lowest BCUT2D eigenvalue weighted by molar-refractivity contribution is -0.438. The molecule has 6 heteroatoms. The summed E-state index contributed by atoms with van der Waals surface area (Å²) in [6.45, 7) is 3.62. The molecule has 2 rings (SSSR count). The molecule has 0 atom stereocenters. The summed E-state index contributed by atoms with van der Waals surface area (Å²) < 4.78 is 24.8. The van der Waals surface area contributed by atoms with Gasteiger partial charge in [-0.1, -0.05) is 0 Å². The van der Waals surface area contributed by atoms with Crippen molar-refractivity contribution in [3.8, 4) is 0 Å². The van der Waals surface area contributed by atoms with Crippen LogP contribution in [0.2, 0.25) is 0 Å². The van der Waals surface area contributed by atoms with Crippen LogP contribution in [-0.4, -0.2) is 24.4 Å². The molecule has 0 saturated carbocycles. The molecule has 104 valence electrons. The lowest BCUT2D eigenvalue weighted by Crippen LogP contribution is -2.26. The van der Waals surface area contributed by atoms with Crippen molar-refractivity contribution in [2.24, 2.45) is 0 Å². The maximum atomic E-state index is 13.0. The molecule has 1 heterocycles. The van der Waals surface area contributed by atoms with Gasteiger partial charge >= 0.3 is 6.48 Å². The lowest BCUT2D eigenvalue weighted by atomic mass is 10.2. The standard InChI is InChI=1S/C13H16FNO4/c1-3-16-13(17-4-2)18-19-15-8-7-10-9-11(14)5-6-12(10)15/h5-9,13H,3-4H2,1-2H3. The van der Waals surface area contributed by atoms with Crippen LogP contribution in [0.5, 0.6) is 0 Å². The number of nitrogens with zero attached hydrogens (tertiary/aromatic N) is 1. The fourth-order valence-electron chi connectivity index (χ4n) is 1.61. The average Bonchev–Trinajstić information content (AvgIpc) is 2.78. The summed E-state index contributed by atoms with van der Waals surface area (Å²) >= 11 is 0. The van der Waals surface area contributed by atoms with Crippen LogP contribution in [0, 0.1) is 5.82 Å². The largest absolute Gasteiger partial charge is 0.328 e. The third-order valence-electron chi connectivity index (χ3n) is 2.42. The maximum absolute atomic E-state index is 13.0. The van der Waals surface area contributed by atoms with Gasteiger partial charge in [0.05, 0.1) is 5.52 Å². The number of hydrogen-bond donors (Lipinski definition) is 0. The fraction of sp³-hybridized carbons (Fsp3) is 0.385. The average molecular weight is 269 g/mol. The highest BCUT2D eigenvalue weighted by molar-refractivity contribution is 5.79. The number of rotatable bonds is 7. The molecule has 0 radical (unpaired) electrons. The fourth-order valence-corrected chi connectivity index (χ4v) is 1.61. The van der Waals surface area contributed by atoms with E-state index in [1.54, 1.807) is 18.3 Å². The van der Waals surface area contributed by atoms with E-state index in [9.17, 15) is 4.39 Å². The molecule has 0 N–H and O–H groups in total. The highest BCUT2D eigenvalue weighted by atomic mass is 19.1. The van der Waals surface area contributed by atoms with Crippen LogP contribution in [0.1, 0.15) is 13.8 Å². The third kappa shape index (κ3) is 3.44. The molecule has 0 amide bonds. The predicted octanol–water partition coefficient (Wildman–Crippen LogP) is 2.50. The van der Waals surface area contributed by atoms with Crippen molar-refractivity contribution < 1.29 is 23.7 Å². The van der Waals surface area contributed by atoms with Crippen molar-refractivity contribution in [3.05, 3.63) is 36.3 Å². The van der Waals surface area contributed by atoms with Crippen molar-refractivity contribution in [2.45, 2.75) is 20.3 Å². The summed E-state index contributed by atoms with van der Waals surface area (Å²) in [5.74, 6) is -0.298. The molecule has 5 nitrogen and oxygen atoms in total. The second-order valence-electron chi connectivity index (χ2n) is 3.71. The molecule has 1 aromatic heterocycles. The summed E-state index contributed by atoms with van der Waals surface area (Å²) in [6.07, 6.45) is 1.62. The first-order valence-electron chi connectivity index (χ1n) is 6.08. The van der Waals surface area contributed by atoms with Gasteiger partial charge in [0, 0.05) is 24.8 Å². The molecule has 1 aromatic carbocycles. The molecule has 19 heavy (non-hydrogen) atoms. The molecule has 0 bridgehead atoms. The Labute approximate surface area is 110 Å². The van der Waals surface area contributed by atoms with E-state index in [4.69, 9.17) is 19.3 Å². The Kier molecular flexibility index (Phi) is 4.73. The Morgan fingerprint density at radius 2 is 1.89 bits per heavy atom. The second kappa shape index (κ2) is 6.51.